The fourth-order valence-electron chi connectivity index (χ4n) is 2.00. The predicted molar refractivity (Wildman–Crippen MR) is 83.5 cm³/mol. The highest BCUT2D eigenvalue weighted by Crippen LogP contribution is 2.09. The van der Waals surface area contributed by atoms with E-state index in [4.69, 9.17) is 5.26 Å². The van der Waals surface area contributed by atoms with Gasteiger partial charge in [-0.3, -0.25) is 9.59 Å². The highest BCUT2D eigenvalue weighted by Gasteiger charge is 2.16. The van der Waals surface area contributed by atoms with Crippen LogP contribution in [0.25, 0.3) is 0 Å². The normalized spacial score (nSPS) is 10.3. The number of aromatic nitrogens is 2. The van der Waals surface area contributed by atoms with Gasteiger partial charge in [-0.25, -0.2) is 4.68 Å². The molecule has 0 radical (unpaired) electrons. The molecular formula is C15H16N4O2S. The van der Waals surface area contributed by atoms with E-state index in [9.17, 15) is 9.59 Å². The summed E-state index contributed by atoms with van der Waals surface area (Å²) in [6, 6.07) is 3.83. The van der Waals surface area contributed by atoms with E-state index in [2.05, 4.69) is 5.10 Å². The summed E-state index contributed by atoms with van der Waals surface area (Å²) in [5, 5.41) is 17.1. The Bertz CT molecular complexity index is 787. The third kappa shape index (κ3) is 3.23. The molecule has 2 aromatic heterocycles. The van der Waals surface area contributed by atoms with Gasteiger partial charge in [0.25, 0.3) is 5.56 Å². The predicted octanol–water partition coefficient (Wildman–Crippen LogP) is 1.45. The van der Waals surface area contributed by atoms with Crippen molar-refractivity contribution < 1.29 is 4.79 Å². The minimum Gasteiger partial charge on any atom is -0.340 e. The van der Waals surface area contributed by atoms with E-state index in [1.807, 2.05) is 22.9 Å². The molecule has 2 heterocycles. The molecule has 1 amide bonds. The van der Waals surface area contributed by atoms with E-state index in [1.54, 1.807) is 32.2 Å². The lowest BCUT2D eigenvalue weighted by Crippen LogP contribution is -2.36. The number of nitrogens with zero attached hydrogens (tertiary/aromatic N) is 4. The Balaban J connectivity index is 2.20. The van der Waals surface area contributed by atoms with E-state index >= 15 is 0 Å². The number of carbonyl (C=O) groups is 1. The number of likely N-dealkylation sites (N-methyl/N-ethyl adjacent to an activating group) is 1. The summed E-state index contributed by atoms with van der Waals surface area (Å²) < 4.78 is 1.06. The van der Waals surface area contributed by atoms with E-state index in [1.165, 1.54) is 4.90 Å². The van der Waals surface area contributed by atoms with E-state index in [0.717, 1.165) is 10.2 Å². The lowest BCUT2D eigenvalue weighted by Gasteiger charge is -2.17. The van der Waals surface area contributed by atoms with Crippen LogP contribution in [0.5, 0.6) is 0 Å². The second-order valence-electron chi connectivity index (χ2n) is 5.04. The first-order valence-electron chi connectivity index (χ1n) is 6.67. The van der Waals surface area contributed by atoms with Gasteiger partial charge in [-0.05, 0) is 41.8 Å². The molecule has 114 valence electrons. The number of amides is 1. The van der Waals surface area contributed by atoms with E-state index in [0.29, 0.717) is 17.8 Å². The molecule has 0 spiro atoms. The van der Waals surface area contributed by atoms with Crippen LogP contribution in [0.4, 0.5) is 0 Å². The van der Waals surface area contributed by atoms with Gasteiger partial charge >= 0.3 is 0 Å². The van der Waals surface area contributed by atoms with Crippen molar-refractivity contribution in [3.63, 3.8) is 0 Å². The van der Waals surface area contributed by atoms with Gasteiger partial charge in [0.2, 0.25) is 5.91 Å². The molecule has 6 nitrogen and oxygen atoms in total. The van der Waals surface area contributed by atoms with Crippen molar-refractivity contribution in [2.45, 2.75) is 26.9 Å². The van der Waals surface area contributed by atoms with Crippen molar-refractivity contribution in [3.05, 3.63) is 49.6 Å². The van der Waals surface area contributed by atoms with Crippen LogP contribution >= 0.6 is 11.3 Å². The molecule has 22 heavy (non-hydrogen) atoms. The van der Waals surface area contributed by atoms with Crippen LogP contribution in [-0.4, -0.2) is 27.6 Å². The summed E-state index contributed by atoms with van der Waals surface area (Å²) in [5.41, 5.74) is 1.69. The standard InChI is InChI=1S/C15H16N4O2S/c1-10-11(2)17-19(15(21)13(10)6-16)8-14(20)18(3)7-12-4-5-22-9-12/h4-5,9H,7-8H2,1-3H3. The highest BCUT2D eigenvalue weighted by molar-refractivity contribution is 7.07. The fraction of sp³-hybridized carbons (Fsp3) is 0.333. The van der Waals surface area contributed by atoms with Crippen molar-refractivity contribution in [3.8, 4) is 6.07 Å². The molecule has 2 rings (SSSR count). The summed E-state index contributed by atoms with van der Waals surface area (Å²) >= 11 is 1.57. The van der Waals surface area contributed by atoms with Crippen molar-refractivity contribution in [2.24, 2.45) is 0 Å². The first-order chi connectivity index (χ1) is 10.4. The van der Waals surface area contributed by atoms with Crippen LogP contribution in [0.2, 0.25) is 0 Å². The molecule has 0 aromatic carbocycles. The van der Waals surface area contributed by atoms with Gasteiger partial charge in [0.1, 0.15) is 18.2 Å². The summed E-state index contributed by atoms with van der Waals surface area (Å²) in [7, 11) is 1.68. The SMILES string of the molecule is Cc1nn(CC(=O)N(C)Cc2ccsc2)c(=O)c(C#N)c1C. The van der Waals surface area contributed by atoms with Gasteiger partial charge in [-0.2, -0.15) is 21.7 Å². The van der Waals surface area contributed by atoms with Gasteiger partial charge in [0, 0.05) is 13.6 Å². The number of hydrogen-bond acceptors (Lipinski definition) is 5. The van der Waals surface area contributed by atoms with Crippen LogP contribution in [-0.2, 0) is 17.9 Å². The maximum Gasteiger partial charge on any atom is 0.285 e. The minimum atomic E-state index is -0.525. The number of thiophene rings is 1. The molecule has 0 unspecified atom stereocenters. The molecule has 0 bridgehead atoms. The monoisotopic (exact) mass is 316 g/mol. The summed E-state index contributed by atoms with van der Waals surface area (Å²) in [4.78, 5) is 25.9. The topological polar surface area (TPSA) is 79.0 Å². The molecule has 0 atom stereocenters. The average Bonchev–Trinajstić information content (AvgIpc) is 2.98. The molecule has 0 saturated carbocycles. The van der Waals surface area contributed by atoms with Crippen LogP contribution in [0.15, 0.2) is 21.6 Å². The van der Waals surface area contributed by atoms with Crippen LogP contribution in [0, 0.1) is 25.2 Å². The average molecular weight is 316 g/mol. The molecule has 2 aromatic rings. The maximum atomic E-state index is 12.2. The molecule has 0 aliphatic heterocycles. The largest absolute Gasteiger partial charge is 0.340 e. The Hall–Kier alpha value is -2.46. The molecular weight excluding hydrogens is 300 g/mol. The molecule has 0 aliphatic carbocycles. The number of rotatable bonds is 4. The molecule has 7 heteroatoms. The van der Waals surface area contributed by atoms with Crippen LogP contribution < -0.4 is 5.56 Å². The quantitative estimate of drug-likeness (QED) is 0.855. The molecule has 0 N–H and O–H groups in total. The lowest BCUT2D eigenvalue weighted by atomic mass is 10.1. The zero-order valence-electron chi connectivity index (χ0n) is 12.7. The van der Waals surface area contributed by atoms with Crippen LogP contribution in [0.1, 0.15) is 22.4 Å². The highest BCUT2D eigenvalue weighted by atomic mass is 32.1. The smallest absolute Gasteiger partial charge is 0.285 e. The lowest BCUT2D eigenvalue weighted by molar-refractivity contribution is -0.131. The van der Waals surface area contributed by atoms with Gasteiger partial charge in [-0.15, -0.1) is 0 Å². The molecule has 0 saturated heterocycles. The van der Waals surface area contributed by atoms with Gasteiger partial charge in [-0.1, -0.05) is 0 Å². The van der Waals surface area contributed by atoms with Crippen molar-refractivity contribution in [2.75, 3.05) is 7.05 Å². The van der Waals surface area contributed by atoms with Crippen molar-refractivity contribution >= 4 is 17.2 Å². The summed E-state index contributed by atoms with van der Waals surface area (Å²) in [5.74, 6) is -0.229. The zero-order valence-corrected chi connectivity index (χ0v) is 13.5. The Labute approximate surface area is 132 Å². The number of nitriles is 1. The fourth-order valence-corrected chi connectivity index (χ4v) is 2.66. The second-order valence-corrected chi connectivity index (χ2v) is 5.82. The van der Waals surface area contributed by atoms with Gasteiger partial charge < -0.3 is 4.90 Å². The zero-order chi connectivity index (χ0) is 16.3. The maximum absolute atomic E-state index is 12.2. The number of carbonyl (C=O) groups excluding carboxylic acids is 1. The Morgan fingerprint density at radius 2 is 2.23 bits per heavy atom. The summed E-state index contributed by atoms with van der Waals surface area (Å²) in [6.45, 7) is 3.70. The van der Waals surface area contributed by atoms with E-state index < -0.39 is 5.56 Å². The Morgan fingerprint density at radius 3 is 2.82 bits per heavy atom. The number of aryl methyl sites for hydroxylation is 1. The Morgan fingerprint density at radius 1 is 1.50 bits per heavy atom. The third-order valence-electron chi connectivity index (χ3n) is 3.46. The first kappa shape index (κ1) is 15.9. The molecule has 0 aliphatic rings. The first-order valence-corrected chi connectivity index (χ1v) is 7.61. The number of hydrogen-bond donors (Lipinski definition) is 0. The third-order valence-corrected chi connectivity index (χ3v) is 4.19. The van der Waals surface area contributed by atoms with Crippen molar-refractivity contribution in [1.82, 2.24) is 14.7 Å². The molecule has 0 fully saturated rings. The van der Waals surface area contributed by atoms with Crippen LogP contribution in [0.3, 0.4) is 0 Å². The summed E-state index contributed by atoms with van der Waals surface area (Å²) in [6.07, 6.45) is 0. The van der Waals surface area contributed by atoms with Crippen molar-refractivity contribution in [1.29, 1.82) is 5.26 Å². The Kier molecular flexibility index (Phi) is 4.73. The van der Waals surface area contributed by atoms with Gasteiger partial charge in [0.15, 0.2) is 0 Å². The minimum absolute atomic E-state index is 0.0424. The van der Waals surface area contributed by atoms with Gasteiger partial charge in [0.05, 0.1) is 5.69 Å². The second kappa shape index (κ2) is 6.54. The van der Waals surface area contributed by atoms with E-state index in [-0.39, 0.29) is 18.0 Å².